The molecule has 0 spiro atoms. The Morgan fingerprint density at radius 1 is 1.21 bits per heavy atom. The predicted octanol–water partition coefficient (Wildman–Crippen LogP) is 4.80. The third-order valence-corrected chi connectivity index (χ3v) is 5.69. The number of rotatable bonds is 4. The summed E-state index contributed by atoms with van der Waals surface area (Å²) < 4.78 is 41.7. The Bertz CT molecular complexity index is 874. The number of nitrogens with one attached hydrogen (secondary N) is 2. The van der Waals surface area contributed by atoms with E-state index in [9.17, 15) is 18.0 Å². The first kappa shape index (κ1) is 18.8. The van der Waals surface area contributed by atoms with E-state index < -0.39 is 18.0 Å². The lowest BCUT2D eigenvalue weighted by atomic mass is 9.79. The summed E-state index contributed by atoms with van der Waals surface area (Å²) in [4.78, 5) is 12.4. The fraction of sp³-hybridized carbons (Fsp3) is 0.500. The van der Waals surface area contributed by atoms with Gasteiger partial charge in [-0.05, 0) is 49.4 Å². The smallest absolute Gasteiger partial charge is 0.320 e. The number of amides is 2. The van der Waals surface area contributed by atoms with E-state index in [0.717, 1.165) is 36.1 Å². The van der Waals surface area contributed by atoms with Crippen LogP contribution in [0.15, 0.2) is 24.3 Å². The van der Waals surface area contributed by atoms with Gasteiger partial charge in [-0.25, -0.2) is 18.0 Å². The van der Waals surface area contributed by atoms with Crippen LogP contribution in [0.1, 0.15) is 50.0 Å². The molecular weight excluding hydrogens is 369 g/mol. The molecule has 1 aromatic heterocycles. The molecule has 0 bridgehead atoms. The van der Waals surface area contributed by atoms with Gasteiger partial charge < -0.3 is 5.32 Å². The van der Waals surface area contributed by atoms with Gasteiger partial charge in [-0.3, -0.25) is 10.00 Å². The molecule has 1 heterocycles. The second-order valence-electron chi connectivity index (χ2n) is 7.76. The second kappa shape index (κ2) is 7.14. The van der Waals surface area contributed by atoms with Crippen LogP contribution in [0.4, 0.5) is 23.8 Å². The van der Waals surface area contributed by atoms with Gasteiger partial charge in [0.05, 0.1) is 5.69 Å². The molecule has 2 N–H and O–H groups in total. The molecule has 4 rings (SSSR count). The fourth-order valence-corrected chi connectivity index (χ4v) is 4.07. The highest BCUT2D eigenvalue weighted by molar-refractivity contribution is 5.90. The van der Waals surface area contributed by atoms with Crippen molar-refractivity contribution in [3.8, 4) is 11.3 Å². The molecule has 2 aliphatic carbocycles. The molecule has 0 radical (unpaired) electrons. The highest BCUT2D eigenvalue weighted by atomic mass is 19.3. The number of alkyl halides is 2. The number of anilines is 1. The highest BCUT2D eigenvalue weighted by Crippen LogP contribution is 2.44. The van der Waals surface area contributed by atoms with Crippen molar-refractivity contribution in [1.29, 1.82) is 0 Å². The van der Waals surface area contributed by atoms with Crippen molar-refractivity contribution in [2.45, 2.75) is 56.4 Å². The predicted molar refractivity (Wildman–Crippen MR) is 99.9 cm³/mol. The standard InChI is InChI=1S/C20H23F3N4O/c1-27-17(13-5-7-14(21)8-6-13)16(12-3-2-4-12)18(26-27)25-19(28)24-15-9-10-20(22,23)11-15/h5-8,12,15H,2-4,9-11H2,1H3,(H2,24,25,26,28). The second-order valence-corrected chi connectivity index (χ2v) is 7.76. The van der Waals surface area contributed by atoms with Crippen molar-refractivity contribution in [3.05, 3.63) is 35.6 Å². The van der Waals surface area contributed by atoms with E-state index in [1.165, 1.54) is 12.1 Å². The van der Waals surface area contributed by atoms with Gasteiger partial charge in [0, 0.05) is 37.1 Å². The highest BCUT2D eigenvalue weighted by Gasteiger charge is 2.40. The lowest BCUT2D eigenvalue weighted by molar-refractivity contribution is 0.00736. The molecule has 0 saturated heterocycles. The lowest BCUT2D eigenvalue weighted by Gasteiger charge is -2.27. The number of carbonyl (C=O) groups excluding carboxylic acids is 1. The zero-order chi connectivity index (χ0) is 19.9. The Hall–Kier alpha value is -2.51. The van der Waals surface area contributed by atoms with E-state index >= 15 is 0 Å². The lowest BCUT2D eigenvalue weighted by Crippen LogP contribution is -2.37. The number of benzene rings is 1. The summed E-state index contributed by atoms with van der Waals surface area (Å²) in [5, 5.41) is 9.85. The van der Waals surface area contributed by atoms with Crippen LogP contribution in [-0.2, 0) is 7.05 Å². The molecule has 2 fully saturated rings. The van der Waals surface area contributed by atoms with Gasteiger partial charge >= 0.3 is 6.03 Å². The van der Waals surface area contributed by atoms with E-state index in [2.05, 4.69) is 15.7 Å². The number of carbonyl (C=O) groups is 1. The summed E-state index contributed by atoms with van der Waals surface area (Å²) in [6.45, 7) is 0. The Labute approximate surface area is 161 Å². The van der Waals surface area contributed by atoms with Crippen LogP contribution in [0.2, 0.25) is 0 Å². The van der Waals surface area contributed by atoms with Crippen LogP contribution in [0.25, 0.3) is 11.3 Å². The van der Waals surface area contributed by atoms with Crippen LogP contribution in [-0.4, -0.2) is 27.8 Å². The Morgan fingerprint density at radius 3 is 2.50 bits per heavy atom. The van der Waals surface area contributed by atoms with Crippen molar-refractivity contribution < 1.29 is 18.0 Å². The Kier molecular flexibility index (Phi) is 4.81. The summed E-state index contributed by atoms with van der Waals surface area (Å²) in [6.07, 6.45) is 2.81. The maximum absolute atomic E-state index is 13.4. The fourth-order valence-electron chi connectivity index (χ4n) is 4.07. The first-order chi connectivity index (χ1) is 13.3. The van der Waals surface area contributed by atoms with Crippen LogP contribution < -0.4 is 10.6 Å². The van der Waals surface area contributed by atoms with Crippen molar-refractivity contribution in [3.63, 3.8) is 0 Å². The van der Waals surface area contributed by atoms with Gasteiger partial charge in [-0.15, -0.1) is 0 Å². The molecule has 1 unspecified atom stereocenters. The first-order valence-corrected chi connectivity index (χ1v) is 9.60. The molecule has 2 aliphatic rings. The number of aryl methyl sites for hydroxylation is 1. The molecule has 1 atom stereocenters. The average Bonchev–Trinajstić information content (AvgIpc) is 3.06. The number of nitrogens with zero attached hydrogens (tertiary/aromatic N) is 2. The van der Waals surface area contributed by atoms with Crippen LogP contribution in [0.5, 0.6) is 0 Å². The third kappa shape index (κ3) is 3.72. The SMILES string of the molecule is Cn1nc(NC(=O)NC2CCC(F)(F)C2)c(C2CCC2)c1-c1ccc(F)cc1. The summed E-state index contributed by atoms with van der Waals surface area (Å²) in [7, 11) is 1.78. The van der Waals surface area contributed by atoms with Crippen molar-refractivity contribution in [2.75, 3.05) is 5.32 Å². The molecule has 0 aliphatic heterocycles. The molecule has 1 aromatic carbocycles. The number of aromatic nitrogens is 2. The minimum Gasteiger partial charge on any atom is -0.335 e. The van der Waals surface area contributed by atoms with Gasteiger partial charge in [0.15, 0.2) is 5.82 Å². The number of urea groups is 1. The van der Waals surface area contributed by atoms with Gasteiger partial charge in [0.1, 0.15) is 5.82 Å². The van der Waals surface area contributed by atoms with E-state index in [4.69, 9.17) is 0 Å². The van der Waals surface area contributed by atoms with Gasteiger partial charge in [-0.1, -0.05) is 6.42 Å². The molecule has 2 saturated carbocycles. The Balaban J connectivity index is 1.57. The number of hydrogen-bond acceptors (Lipinski definition) is 2. The summed E-state index contributed by atoms with van der Waals surface area (Å²) in [5.74, 6) is -2.33. The number of halogens is 3. The maximum Gasteiger partial charge on any atom is 0.320 e. The van der Waals surface area contributed by atoms with Crippen molar-refractivity contribution in [1.82, 2.24) is 15.1 Å². The molecule has 5 nitrogen and oxygen atoms in total. The van der Waals surface area contributed by atoms with E-state index in [-0.39, 0.29) is 31.0 Å². The zero-order valence-corrected chi connectivity index (χ0v) is 15.6. The summed E-state index contributed by atoms with van der Waals surface area (Å²) in [6, 6.07) is 5.12. The van der Waals surface area contributed by atoms with Crippen molar-refractivity contribution >= 4 is 11.8 Å². The zero-order valence-electron chi connectivity index (χ0n) is 15.6. The normalized spacial score (nSPS) is 21.4. The summed E-state index contributed by atoms with van der Waals surface area (Å²) in [5.41, 5.74) is 2.59. The number of hydrogen-bond donors (Lipinski definition) is 2. The largest absolute Gasteiger partial charge is 0.335 e. The minimum atomic E-state index is -2.71. The van der Waals surface area contributed by atoms with Crippen molar-refractivity contribution in [2.24, 2.45) is 7.05 Å². The quantitative estimate of drug-likeness (QED) is 0.785. The van der Waals surface area contributed by atoms with Gasteiger partial charge in [0.2, 0.25) is 5.92 Å². The van der Waals surface area contributed by atoms with Crippen LogP contribution >= 0.6 is 0 Å². The molecule has 2 amide bonds. The van der Waals surface area contributed by atoms with E-state index in [1.807, 2.05) is 0 Å². The molecule has 150 valence electrons. The van der Waals surface area contributed by atoms with Gasteiger partial charge in [-0.2, -0.15) is 5.10 Å². The average molecular weight is 392 g/mol. The topological polar surface area (TPSA) is 59.0 Å². The minimum absolute atomic E-state index is 0.205. The molecule has 28 heavy (non-hydrogen) atoms. The summed E-state index contributed by atoms with van der Waals surface area (Å²) >= 11 is 0. The maximum atomic E-state index is 13.4. The van der Waals surface area contributed by atoms with Crippen LogP contribution in [0.3, 0.4) is 0 Å². The molecule has 8 heteroatoms. The third-order valence-electron chi connectivity index (χ3n) is 5.69. The monoisotopic (exact) mass is 392 g/mol. The molecule has 2 aromatic rings. The Morgan fingerprint density at radius 2 is 1.93 bits per heavy atom. The van der Waals surface area contributed by atoms with Gasteiger partial charge in [0.25, 0.3) is 0 Å². The van der Waals surface area contributed by atoms with Crippen LogP contribution in [0, 0.1) is 5.82 Å². The first-order valence-electron chi connectivity index (χ1n) is 9.60. The molecular formula is C20H23F3N4O. The van der Waals surface area contributed by atoms with E-state index in [1.54, 1.807) is 23.9 Å². The van der Waals surface area contributed by atoms with E-state index in [0.29, 0.717) is 5.82 Å².